The van der Waals surface area contributed by atoms with Crippen molar-refractivity contribution < 1.29 is 0 Å². The molecule has 2 aromatic heterocycles. The Morgan fingerprint density at radius 3 is 2.50 bits per heavy atom. The Morgan fingerprint density at radius 2 is 1.64 bits per heavy atom. The zero-order valence-electron chi connectivity index (χ0n) is 15.7. The second-order valence-electron chi connectivity index (χ2n) is 8.11. The standard InChI is InChI=1S/C23H21N5/c1-3-9-16(10-4-1)21-24-20-18-12-6-5-11-17(18)15-23(13-7-2-8-14-23)19(20)22-25-26-27-28(21)22/h1,3-6,9-12H,2,7-8,13-15H2. The van der Waals surface area contributed by atoms with Crippen LogP contribution in [-0.2, 0) is 11.8 Å². The summed E-state index contributed by atoms with van der Waals surface area (Å²) in [6, 6.07) is 18.9. The second kappa shape index (κ2) is 5.96. The van der Waals surface area contributed by atoms with Gasteiger partial charge in [-0.15, -0.1) is 5.10 Å². The van der Waals surface area contributed by atoms with Crippen LogP contribution < -0.4 is 0 Å². The molecular weight excluding hydrogens is 346 g/mol. The summed E-state index contributed by atoms with van der Waals surface area (Å²) in [6.45, 7) is 0. The number of benzene rings is 2. The van der Waals surface area contributed by atoms with Gasteiger partial charge in [0.1, 0.15) is 0 Å². The summed E-state index contributed by atoms with van der Waals surface area (Å²) in [6.07, 6.45) is 7.26. The van der Waals surface area contributed by atoms with Crippen LogP contribution in [0.25, 0.3) is 28.3 Å². The first-order valence-electron chi connectivity index (χ1n) is 10.1. The van der Waals surface area contributed by atoms with Crippen LogP contribution >= 0.6 is 0 Å². The van der Waals surface area contributed by atoms with Gasteiger partial charge in [0.15, 0.2) is 11.5 Å². The van der Waals surface area contributed by atoms with E-state index in [1.54, 1.807) is 0 Å². The van der Waals surface area contributed by atoms with Crippen LogP contribution in [0, 0.1) is 0 Å². The molecule has 0 N–H and O–H groups in total. The average Bonchev–Trinajstić information content (AvgIpc) is 3.24. The summed E-state index contributed by atoms with van der Waals surface area (Å²) < 4.78 is 1.85. The molecule has 28 heavy (non-hydrogen) atoms. The lowest BCUT2D eigenvalue weighted by molar-refractivity contribution is 0.289. The molecule has 0 unspecified atom stereocenters. The summed E-state index contributed by atoms with van der Waals surface area (Å²) in [5.74, 6) is 0.807. The number of fused-ring (bicyclic) bond motifs is 6. The summed E-state index contributed by atoms with van der Waals surface area (Å²) in [5, 5.41) is 12.9. The van der Waals surface area contributed by atoms with Gasteiger partial charge in [-0.1, -0.05) is 73.9 Å². The van der Waals surface area contributed by atoms with E-state index in [9.17, 15) is 0 Å². The van der Waals surface area contributed by atoms with Gasteiger partial charge in [0.25, 0.3) is 0 Å². The molecule has 5 nitrogen and oxygen atoms in total. The van der Waals surface area contributed by atoms with Crippen molar-refractivity contribution in [2.24, 2.45) is 0 Å². The highest BCUT2D eigenvalue weighted by Crippen LogP contribution is 2.51. The lowest BCUT2D eigenvalue weighted by atomic mass is 9.62. The lowest BCUT2D eigenvalue weighted by Crippen LogP contribution is -2.36. The van der Waals surface area contributed by atoms with Crippen LogP contribution in [0.15, 0.2) is 54.6 Å². The van der Waals surface area contributed by atoms with Gasteiger partial charge in [0, 0.05) is 22.1 Å². The summed E-state index contributed by atoms with van der Waals surface area (Å²) in [4.78, 5) is 5.20. The Morgan fingerprint density at radius 1 is 0.857 bits per heavy atom. The van der Waals surface area contributed by atoms with Crippen molar-refractivity contribution in [3.05, 3.63) is 65.7 Å². The van der Waals surface area contributed by atoms with Gasteiger partial charge in [-0.05, 0) is 35.3 Å². The Balaban J connectivity index is 1.72. The maximum Gasteiger partial charge on any atom is 0.187 e. The monoisotopic (exact) mass is 367 g/mol. The predicted octanol–water partition coefficient (Wildman–Crippen LogP) is 4.61. The third-order valence-corrected chi connectivity index (χ3v) is 6.52. The minimum Gasteiger partial charge on any atom is -0.227 e. The van der Waals surface area contributed by atoms with Crippen LogP contribution in [0.4, 0.5) is 0 Å². The van der Waals surface area contributed by atoms with E-state index in [0.29, 0.717) is 0 Å². The first-order valence-corrected chi connectivity index (χ1v) is 10.1. The first kappa shape index (κ1) is 15.9. The van der Waals surface area contributed by atoms with Crippen LogP contribution in [0.1, 0.15) is 43.2 Å². The molecule has 4 aromatic rings. The molecule has 5 heteroatoms. The van der Waals surface area contributed by atoms with Gasteiger partial charge in [-0.3, -0.25) is 0 Å². The van der Waals surface area contributed by atoms with Crippen LogP contribution in [0.5, 0.6) is 0 Å². The molecule has 0 aliphatic heterocycles. The van der Waals surface area contributed by atoms with Crippen molar-refractivity contribution in [2.75, 3.05) is 0 Å². The molecule has 1 saturated carbocycles. The summed E-state index contributed by atoms with van der Waals surface area (Å²) in [5.41, 5.74) is 6.97. The van der Waals surface area contributed by atoms with E-state index in [-0.39, 0.29) is 5.41 Å². The molecule has 1 spiro atoms. The zero-order chi connectivity index (χ0) is 18.6. The van der Waals surface area contributed by atoms with E-state index in [1.165, 1.54) is 48.8 Å². The molecule has 6 rings (SSSR count). The largest absolute Gasteiger partial charge is 0.227 e. The van der Waals surface area contributed by atoms with Crippen molar-refractivity contribution in [1.29, 1.82) is 0 Å². The van der Waals surface area contributed by atoms with E-state index in [0.717, 1.165) is 29.1 Å². The topological polar surface area (TPSA) is 56.0 Å². The SMILES string of the molecule is c1ccc(-c2nc3c(c4nnnn24)C2(CCCCC2)Cc2ccccc2-3)cc1. The Kier molecular flexibility index (Phi) is 3.39. The zero-order valence-corrected chi connectivity index (χ0v) is 15.7. The van der Waals surface area contributed by atoms with Gasteiger partial charge in [-0.2, -0.15) is 4.52 Å². The number of hydrogen-bond donors (Lipinski definition) is 0. The molecule has 1 fully saturated rings. The molecule has 0 amide bonds. The van der Waals surface area contributed by atoms with Crippen LogP contribution in [-0.4, -0.2) is 25.0 Å². The fraction of sp³-hybridized carbons (Fsp3) is 0.304. The third-order valence-electron chi connectivity index (χ3n) is 6.52. The highest BCUT2D eigenvalue weighted by Gasteiger charge is 2.43. The van der Waals surface area contributed by atoms with Gasteiger partial charge < -0.3 is 0 Å². The predicted molar refractivity (Wildman–Crippen MR) is 108 cm³/mol. The smallest absolute Gasteiger partial charge is 0.187 e. The molecule has 0 bridgehead atoms. The Labute approximate surface area is 163 Å². The lowest BCUT2D eigenvalue weighted by Gasteiger charge is -2.42. The second-order valence-corrected chi connectivity index (χ2v) is 8.11. The van der Waals surface area contributed by atoms with E-state index in [2.05, 4.69) is 51.9 Å². The number of nitrogens with zero attached hydrogens (tertiary/aromatic N) is 5. The average molecular weight is 367 g/mol. The molecule has 2 aliphatic carbocycles. The number of hydrogen-bond acceptors (Lipinski definition) is 4. The van der Waals surface area contributed by atoms with Gasteiger partial charge in [-0.25, -0.2) is 4.98 Å². The van der Waals surface area contributed by atoms with Crippen molar-refractivity contribution in [3.8, 4) is 22.6 Å². The number of aromatic nitrogens is 5. The maximum absolute atomic E-state index is 5.20. The van der Waals surface area contributed by atoms with Crippen LogP contribution in [0.2, 0.25) is 0 Å². The molecule has 0 saturated heterocycles. The van der Waals surface area contributed by atoms with Gasteiger partial charge >= 0.3 is 0 Å². The van der Waals surface area contributed by atoms with E-state index in [1.807, 2.05) is 22.7 Å². The molecule has 0 atom stereocenters. The minimum absolute atomic E-state index is 0.0973. The van der Waals surface area contributed by atoms with Crippen molar-refractivity contribution in [1.82, 2.24) is 25.0 Å². The van der Waals surface area contributed by atoms with E-state index in [4.69, 9.17) is 4.98 Å². The van der Waals surface area contributed by atoms with Crippen molar-refractivity contribution in [3.63, 3.8) is 0 Å². The number of rotatable bonds is 1. The Bertz CT molecular complexity index is 1170. The third kappa shape index (κ3) is 2.19. The molecule has 2 aliphatic rings. The van der Waals surface area contributed by atoms with Crippen molar-refractivity contribution >= 4 is 5.65 Å². The normalized spacial score (nSPS) is 17.4. The van der Waals surface area contributed by atoms with Gasteiger partial charge in [0.2, 0.25) is 0 Å². The molecule has 0 radical (unpaired) electrons. The van der Waals surface area contributed by atoms with E-state index < -0.39 is 0 Å². The minimum atomic E-state index is 0.0973. The first-order chi connectivity index (χ1) is 13.9. The summed E-state index contributed by atoms with van der Waals surface area (Å²) in [7, 11) is 0. The Hall–Kier alpha value is -3.08. The molecule has 2 aromatic carbocycles. The fourth-order valence-electron chi connectivity index (χ4n) is 5.27. The maximum atomic E-state index is 5.20. The summed E-state index contributed by atoms with van der Waals surface area (Å²) >= 11 is 0. The molecule has 138 valence electrons. The van der Waals surface area contributed by atoms with Gasteiger partial charge in [0.05, 0.1) is 5.69 Å². The quantitative estimate of drug-likeness (QED) is 0.493. The highest BCUT2D eigenvalue weighted by atomic mass is 15.5. The fourth-order valence-corrected chi connectivity index (χ4v) is 5.27. The van der Waals surface area contributed by atoms with Crippen LogP contribution in [0.3, 0.4) is 0 Å². The van der Waals surface area contributed by atoms with E-state index >= 15 is 0 Å². The highest BCUT2D eigenvalue weighted by molar-refractivity contribution is 5.79. The van der Waals surface area contributed by atoms with Crippen molar-refractivity contribution in [2.45, 2.75) is 43.9 Å². The molecular formula is C23H21N5. The molecule has 2 heterocycles. The number of tetrazole rings is 1.